The second-order valence-electron chi connectivity index (χ2n) is 8.42. The Hall–Kier alpha value is -1.25. The number of ether oxygens (including phenoxy) is 3. The summed E-state index contributed by atoms with van der Waals surface area (Å²) in [7, 11) is -4.71. The van der Waals surface area contributed by atoms with Crippen LogP contribution in [0, 0.1) is 0 Å². The monoisotopic (exact) mass is 492 g/mol. The lowest BCUT2D eigenvalue weighted by atomic mass is 10.1. The first-order chi connectivity index (χ1) is 15.7. The van der Waals surface area contributed by atoms with Gasteiger partial charge in [-0.3, -0.25) is 14.1 Å². The van der Waals surface area contributed by atoms with E-state index in [-0.39, 0.29) is 13.0 Å². The SMILES string of the molecule is CCCCC/C=C\CC1OC1CCCCCCCC(=O)O[C@H](COC(C)=O)COP(=O)(O)O. The van der Waals surface area contributed by atoms with Crippen molar-refractivity contribution in [3.05, 3.63) is 12.2 Å². The molecule has 0 aromatic carbocycles. The average Bonchev–Trinajstić information content (AvgIpc) is 3.49. The highest BCUT2D eigenvalue weighted by Gasteiger charge is 2.36. The maximum absolute atomic E-state index is 12.0. The molecule has 0 aliphatic carbocycles. The first kappa shape index (κ1) is 29.8. The van der Waals surface area contributed by atoms with E-state index < -0.39 is 32.5 Å². The Bertz CT molecular complexity index is 631. The van der Waals surface area contributed by atoms with Crippen LogP contribution in [0.4, 0.5) is 0 Å². The van der Waals surface area contributed by atoms with Crippen LogP contribution >= 0.6 is 7.82 Å². The number of phosphoric ester groups is 1. The van der Waals surface area contributed by atoms with Crippen LogP contribution < -0.4 is 0 Å². The molecule has 1 saturated heterocycles. The van der Waals surface area contributed by atoms with E-state index in [1.54, 1.807) is 0 Å². The third kappa shape index (κ3) is 17.8. The highest BCUT2D eigenvalue weighted by Crippen LogP contribution is 2.36. The van der Waals surface area contributed by atoms with Crippen molar-refractivity contribution in [3.8, 4) is 0 Å². The van der Waals surface area contributed by atoms with Gasteiger partial charge in [-0.2, -0.15) is 0 Å². The van der Waals surface area contributed by atoms with Crippen LogP contribution in [0.5, 0.6) is 0 Å². The van der Waals surface area contributed by atoms with Crippen molar-refractivity contribution in [2.45, 2.75) is 109 Å². The third-order valence-electron chi connectivity index (χ3n) is 5.27. The van der Waals surface area contributed by atoms with Crippen LogP contribution in [0.25, 0.3) is 0 Å². The first-order valence-corrected chi connectivity index (χ1v) is 13.6. The Morgan fingerprint density at radius 2 is 1.73 bits per heavy atom. The van der Waals surface area contributed by atoms with E-state index in [1.807, 2.05) is 0 Å². The maximum Gasteiger partial charge on any atom is 0.469 e. The Labute approximate surface area is 197 Å². The molecule has 0 spiro atoms. The van der Waals surface area contributed by atoms with Gasteiger partial charge in [0.05, 0.1) is 18.8 Å². The molecular weight excluding hydrogens is 451 g/mol. The molecule has 33 heavy (non-hydrogen) atoms. The van der Waals surface area contributed by atoms with Gasteiger partial charge in [-0.15, -0.1) is 0 Å². The molecule has 0 radical (unpaired) electrons. The van der Waals surface area contributed by atoms with E-state index in [1.165, 1.54) is 26.2 Å². The minimum atomic E-state index is -4.71. The van der Waals surface area contributed by atoms with Crippen molar-refractivity contribution in [1.29, 1.82) is 0 Å². The average molecular weight is 493 g/mol. The summed E-state index contributed by atoms with van der Waals surface area (Å²) in [4.78, 5) is 40.4. The van der Waals surface area contributed by atoms with Crippen molar-refractivity contribution < 1.29 is 42.7 Å². The van der Waals surface area contributed by atoms with Crippen LogP contribution in [-0.2, 0) is 32.9 Å². The summed E-state index contributed by atoms with van der Waals surface area (Å²) in [5, 5.41) is 0. The molecule has 1 aliphatic rings. The highest BCUT2D eigenvalue weighted by molar-refractivity contribution is 7.46. The first-order valence-electron chi connectivity index (χ1n) is 12.0. The van der Waals surface area contributed by atoms with E-state index in [4.69, 9.17) is 24.0 Å². The number of hydrogen-bond acceptors (Lipinski definition) is 7. The highest BCUT2D eigenvalue weighted by atomic mass is 31.2. The summed E-state index contributed by atoms with van der Waals surface area (Å²) < 4.78 is 30.8. The van der Waals surface area contributed by atoms with Crippen LogP contribution in [-0.4, -0.2) is 53.3 Å². The molecule has 1 heterocycles. The van der Waals surface area contributed by atoms with E-state index in [2.05, 4.69) is 23.6 Å². The topological polar surface area (TPSA) is 132 Å². The van der Waals surface area contributed by atoms with Crippen molar-refractivity contribution in [2.24, 2.45) is 0 Å². The Balaban J connectivity index is 2.05. The Morgan fingerprint density at radius 1 is 1.00 bits per heavy atom. The fourth-order valence-electron chi connectivity index (χ4n) is 3.40. The molecule has 2 N–H and O–H groups in total. The van der Waals surface area contributed by atoms with E-state index in [0.717, 1.165) is 44.9 Å². The number of unbranched alkanes of at least 4 members (excludes halogenated alkanes) is 7. The minimum absolute atomic E-state index is 0.185. The molecule has 0 saturated carbocycles. The number of carbonyl (C=O) groups is 2. The molecule has 0 bridgehead atoms. The predicted octanol–water partition coefficient (Wildman–Crippen LogP) is 4.60. The fraction of sp³-hybridized carbons (Fsp3) is 0.826. The summed E-state index contributed by atoms with van der Waals surface area (Å²) in [5.41, 5.74) is 0. The second-order valence-corrected chi connectivity index (χ2v) is 9.66. The van der Waals surface area contributed by atoms with Crippen LogP contribution in [0.2, 0.25) is 0 Å². The van der Waals surface area contributed by atoms with Gasteiger partial charge in [0.1, 0.15) is 6.61 Å². The normalized spacial score (nSPS) is 18.9. The smallest absolute Gasteiger partial charge is 0.462 e. The standard InChI is InChI=1S/C23H41O9P/c1-3-4-5-6-8-11-14-21-22(32-21)15-12-9-7-10-13-16-23(25)31-20(17-29-19(2)24)18-30-33(26,27)28/h8,11,20-22H,3-7,9-10,12-18H2,1-2H3,(H2,26,27,28)/b11-8-/t20-,21?,22?/m1/s1. The van der Waals surface area contributed by atoms with Crippen molar-refractivity contribution in [3.63, 3.8) is 0 Å². The van der Waals surface area contributed by atoms with Crippen molar-refractivity contribution in [1.82, 2.24) is 0 Å². The zero-order chi connectivity index (χ0) is 24.5. The number of phosphoric acid groups is 1. The molecule has 0 aromatic heterocycles. The third-order valence-corrected chi connectivity index (χ3v) is 5.75. The van der Waals surface area contributed by atoms with Gasteiger partial charge in [-0.25, -0.2) is 4.57 Å². The van der Waals surface area contributed by atoms with Crippen molar-refractivity contribution in [2.75, 3.05) is 13.2 Å². The van der Waals surface area contributed by atoms with Gasteiger partial charge < -0.3 is 24.0 Å². The van der Waals surface area contributed by atoms with Gasteiger partial charge in [0.15, 0.2) is 6.10 Å². The Kier molecular flexibility index (Phi) is 15.5. The quantitative estimate of drug-likeness (QED) is 0.0823. The number of allylic oxidation sites excluding steroid dienone is 1. The zero-order valence-corrected chi connectivity index (χ0v) is 20.9. The van der Waals surface area contributed by atoms with Crippen LogP contribution in [0.15, 0.2) is 12.2 Å². The van der Waals surface area contributed by atoms with Crippen LogP contribution in [0.1, 0.15) is 90.9 Å². The molecule has 192 valence electrons. The van der Waals surface area contributed by atoms with Gasteiger partial charge in [-0.05, 0) is 32.1 Å². The largest absolute Gasteiger partial charge is 0.469 e. The number of rotatable bonds is 20. The van der Waals surface area contributed by atoms with Crippen molar-refractivity contribution >= 4 is 19.8 Å². The summed E-state index contributed by atoms with van der Waals surface area (Å²) in [5.74, 6) is -1.10. The molecule has 1 aliphatic heterocycles. The summed E-state index contributed by atoms with van der Waals surface area (Å²) in [6.07, 6.45) is 16.2. The molecule has 2 unspecified atom stereocenters. The Morgan fingerprint density at radius 3 is 2.42 bits per heavy atom. The predicted molar refractivity (Wildman–Crippen MR) is 123 cm³/mol. The molecule has 9 nitrogen and oxygen atoms in total. The van der Waals surface area contributed by atoms with Crippen LogP contribution in [0.3, 0.4) is 0 Å². The number of epoxide rings is 1. The van der Waals surface area contributed by atoms with E-state index in [9.17, 15) is 14.2 Å². The van der Waals surface area contributed by atoms with Gasteiger partial charge in [0.2, 0.25) is 0 Å². The molecule has 1 rings (SSSR count). The maximum atomic E-state index is 12.0. The lowest BCUT2D eigenvalue weighted by Gasteiger charge is -2.18. The summed E-state index contributed by atoms with van der Waals surface area (Å²) in [6, 6.07) is 0. The fourth-order valence-corrected chi connectivity index (χ4v) is 3.76. The minimum Gasteiger partial charge on any atom is -0.462 e. The number of carbonyl (C=O) groups excluding carboxylic acids is 2. The van der Waals surface area contributed by atoms with E-state index in [0.29, 0.717) is 18.6 Å². The summed E-state index contributed by atoms with van der Waals surface area (Å²) >= 11 is 0. The zero-order valence-electron chi connectivity index (χ0n) is 20.0. The molecule has 0 amide bonds. The number of hydrogen-bond donors (Lipinski definition) is 2. The van der Waals surface area contributed by atoms with E-state index >= 15 is 0 Å². The lowest BCUT2D eigenvalue weighted by molar-refractivity contribution is -0.160. The number of esters is 2. The molecule has 0 aromatic rings. The van der Waals surface area contributed by atoms with Gasteiger partial charge in [0.25, 0.3) is 0 Å². The molecule has 10 heteroatoms. The molecule has 1 fully saturated rings. The lowest BCUT2D eigenvalue weighted by Crippen LogP contribution is -2.29. The van der Waals surface area contributed by atoms with Gasteiger partial charge in [0, 0.05) is 13.3 Å². The molecule has 3 atom stereocenters. The van der Waals surface area contributed by atoms with Gasteiger partial charge in [-0.1, -0.05) is 57.6 Å². The summed E-state index contributed by atoms with van der Waals surface area (Å²) in [6.45, 7) is 2.52. The molecular formula is C23H41O9P. The van der Waals surface area contributed by atoms with Gasteiger partial charge >= 0.3 is 19.8 Å². The second kappa shape index (κ2) is 17.2.